The normalized spacial score (nSPS) is 14.3. The van der Waals surface area contributed by atoms with Crippen LogP contribution in [0.3, 0.4) is 0 Å². The van der Waals surface area contributed by atoms with E-state index in [0.29, 0.717) is 36.0 Å². The van der Waals surface area contributed by atoms with Crippen molar-refractivity contribution in [1.82, 2.24) is 20.4 Å². The van der Waals surface area contributed by atoms with E-state index in [1.807, 2.05) is 17.0 Å². The third-order valence-electron chi connectivity index (χ3n) is 3.82. The monoisotopic (exact) mass is 370 g/mol. The Balaban J connectivity index is 0.00000208. The van der Waals surface area contributed by atoms with E-state index in [0.717, 1.165) is 31.7 Å². The number of hydrogen-bond donors (Lipinski definition) is 1. The van der Waals surface area contributed by atoms with Crippen LogP contribution in [0.15, 0.2) is 28.8 Å². The van der Waals surface area contributed by atoms with Crippen LogP contribution in [0.2, 0.25) is 5.02 Å². The lowest BCUT2D eigenvalue weighted by Gasteiger charge is -2.27. The van der Waals surface area contributed by atoms with Gasteiger partial charge in [-0.3, -0.25) is 4.79 Å². The highest BCUT2D eigenvalue weighted by Crippen LogP contribution is 2.19. The molecule has 0 bridgehead atoms. The Labute approximate surface area is 152 Å². The number of nitrogens with one attached hydrogen (secondary N) is 1. The molecule has 0 radical (unpaired) electrons. The van der Waals surface area contributed by atoms with E-state index in [-0.39, 0.29) is 18.3 Å². The minimum atomic E-state index is 0. The standard InChI is InChI=1S/C16H19ClN4O2.ClH/c17-13-6-4-12(5-7-13)16-19-14(23-20-16)2-1-3-15(22)21-10-8-18-9-11-21;/h4-7,18H,1-3,8-11H2;1H. The molecule has 2 aromatic rings. The lowest BCUT2D eigenvalue weighted by molar-refractivity contribution is -0.131. The number of hydrogen-bond acceptors (Lipinski definition) is 5. The highest BCUT2D eigenvalue weighted by atomic mass is 35.5. The van der Waals surface area contributed by atoms with Gasteiger partial charge in [0.25, 0.3) is 0 Å². The summed E-state index contributed by atoms with van der Waals surface area (Å²) in [7, 11) is 0. The molecule has 3 rings (SSSR count). The van der Waals surface area contributed by atoms with Gasteiger partial charge in [-0.05, 0) is 30.7 Å². The van der Waals surface area contributed by atoms with Crippen molar-refractivity contribution in [2.24, 2.45) is 0 Å². The minimum absolute atomic E-state index is 0. The number of carbonyl (C=O) groups is 1. The average Bonchev–Trinajstić information content (AvgIpc) is 3.05. The first kappa shape index (κ1) is 18.7. The van der Waals surface area contributed by atoms with Gasteiger partial charge in [-0.1, -0.05) is 16.8 Å². The second-order valence-corrected chi connectivity index (χ2v) is 5.94. The predicted octanol–water partition coefficient (Wildman–Crippen LogP) is 2.57. The van der Waals surface area contributed by atoms with Gasteiger partial charge in [0.05, 0.1) is 0 Å². The molecule has 1 aliphatic rings. The number of nitrogens with zero attached hydrogens (tertiary/aromatic N) is 3. The molecular weight excluding hydrogens is 351 g/mol. The number of aromatic nitrogens is 2. The molecule has 1 aliphatic heterocycles. The Kier molecular flexibility index (Phi) is 7.02. The second-order valence-electron chi connectivity index (χ2n) is 5.50. The van der Waals surface area contributed by atoms with Crippen molar-refractivity contribution in [3.05, 3.63) is 35.2 Å². The molecule has 2 heterocycles. The van der Waals surface area contributed by atoms with Gasteiger partial charge >= 0.3 is 0 Å². The van der Waals surface area contributed by atoms with Crippen LogP contribution in [0.5, 0.6) is 0 Å². The summed E-state index contributed by atoms with van der Waals surface area (Å²) in [6.45, 7) is 3.33. The van der Waals surface area contributed by atoms with Gasteiger partial charge in [-0.15, -0.1) is 12.4 Å². The van der Waals surface area contributed by atoms with Crippen molar-refractivity contribution in [3.8, 4) is 11.4 Å². The van der Waals surface area contributed by atoms with Crippen LogP contribution in [0.1, 0.15) is 18.7 Å². The SMILES string of the molecule is Cl.O=C(CCCc1nc(-c2ccc(Cl)cc2)no1)N1CCNCC1. The molecule has 1 N–H and O–H groups in total. The van der Waals surface area contributed by atoms with Crippen molar-refractivity contribution < 1.29 is 9.32 Å². The number of benzene rings is 1. The van der Waals surface area contributed by atoms with Gasteiger partial charge in [-0.2, -0.15) is 4.98 Å². The zero-order valence-electron chi connectivity index (χ0n) is 13.2. The summed E-state index contributed by atoms with van der Waals surface area (Å²) in [4.78, 5) is 18.3. The Hall–Kier alpha value is -1.63. The summed E-state index contributed by atoms with van der Waals surface area (Å²) in [5.74, 6) is 1.30. The molecule has 130 valence electrons. The van der Waals surface area contributed by atoms with Gasteiger partial charge in [0.15, 0.2) is 0 Å². The lowest BCUT2D eigenvalue weighted by atomic mass is 10.2. The van der Waals surface area contributed by atoms with Gasteiger partial charge in [0.1, 0.15) is 0 Å². The topological polar surface area (TPSA) is 71.3 Å². The average molecular weight is 371 g/mol. The first-order valence-electron chi connectivity index (χ1n) is 7.79. The Morgan fingerprint density at radius 3 is 2.67 bits per heavy atom. The predicted molar refractivity (Wildman–Crippen MR) is 94.4 cm³/mol. The summed E-state index contributed by atoms with van der Waals surface area (Å²) in [5, 5.41) is 7.88. The molecule has 0 saturated carbocycles. The number of halogens is 2. The fourth-order valence-corrected chi connectivity index (χ4v) is 2.66. The summed E-state index contributed by atoms with van der Waals surface area (Å²) >= 11 is 5.86. The van der Waals surface area contributed by atoms with Crippen molar-refractivity contribution in [2.75, 3.05) is 26.2 Å². The first-order chi connectivity index (χ1) is 11.2. The van der Waals surface area contributed by atoms with Crippen molar-refractivity contribution >= 4 is 29.9 Å². The van der Waals surface area contributed by atoms with E-state index in [1.165, 1.54) is 0 Å². The number of aryl methyl sites for hydroxylation is 1. The molecule has 24 heavy (non-hydrogen) atoms. The quantitative estimate of drug-likeness (QED) is 0.875. The Bertz CT molecular complexity index is 654. The van der Waals surface area contributed by atoms with Gasteiger partial charge < -0.3 is 14.7 Å². The fraction of sp³-hybridized carbons (Fsp3) is 0.438. The van der Waals surface area contributed by atoms with Gasteiger partial charge in [-0.25, -0.2) is 0 Å². The van der Waals surface area contributed by atoms with E-state index < -0.39 is 0 Å². The molecule has 0 unspecified atom stereocenters. The largest absolute Gasteiger partial charge is 0.340 e. The molecule has 1 amide bonds. The van der Waals surface area contributed by atoms with Crippen LogP contribution in [-0.4, -0.2) is 47.1 Å². The molecule has 1 saturated heterocycles. The van der Waals surface area contributed by atoms with E-state index in [2.05, 4.69) is 15.5 Å². The maximum Gasteiger partial charge on any atom is 0.226 e. The lowest BCUT2D eigenvalue weighted by Crippen LogP contribution is -2.46. The Morgan fingerprint density at radius 1 is 1.25 bits per heavy atom. The first-order valence-corrected chi connectivity index (χ1v) is 8.17. The molecule has 6 nitrogen and oxygen atoms in total. The highest BCUT2D eigenvalue weighted by Gasteiger charge is 2.16. The highest BCUT2D eigenvalue weighted by molar-refractivity contribution is 6.30. The number of amides is 1. The van der Waals surface area contributed by atoms with E-state index in [9.17, 15) is 4.79 Å². The van der Waals surface area contributed by atoms with Crippen LogP contribution in [0.25, 0.3) is 11.4 Å². The van der Waals surface area contributed by atoms with Crippen molar-refractivity contribution in [3.63, 3.8) is 0 Å². The van der Waals surface area contributed by atoms with Crippen LogP contribution in [0.4, 0.5) is 0 Å². The van der Waals surface area contributed by atoms with Crippen molar-refractivity contribution in [1.29, 1.82) is 0 Å². The zero-order chi connectivity index (χ0) is 16.1. The minimum Gasteiger partial charge on any atom is -0.340 e. The van der Waals surface area contributed by atoms with Crippen LogP contribution >= 0.6 is 24.0 Å². The molecule has 1 aromatic heterocycles. The molecule has 0 spiro atoms. The summed E-state index contributed by atoms with van der Waals surface area (Å²) in [5.41, 5.74) is 0.862. The second kappa shape index (κ2) is 9.01. The number of carbonyl (C=O) groups excluding carboxylic acids is 1. The van der Waals surface area contributed by atoms with Gasteiger partial charge in [0, 0.05) is 49.6 Å². The van der Waals surface area contributed by atoms with Crippen LogP contribution in [0, 0.1) is 0 Å². The van der Waals surface area contributed by atoms with Gasteiger partial charge in [0.2, 0.25) is 17.6 Å². The van der Waals surface area contributed by atoms with E-state index >= 15 is 0 Å². The Morgan fingerprint density at radius 2 is 1.96 bits per heavy atom. The maximum atomic E-state index is 12.1. The van der Waals surface area contributed by atoms with E-state index in [4.69, 9.17) is 16.1 Å². The molecule has 1 aromatic carbocycles. The molecule has 1 fully saturated rings. The summed E-state index contributed by atoms with van der Waals surface area (Å²) in [6.07, 6.45) is 1.84. The molecule has 0 aliphatic carbocycles. The van der Waals surface area contributed by atoms with Crippen LogP contribution in [-0.2, 0) is 11.2 Å². The maximum absolute atomic E-state index is 12.1. The zero-order valence-corrected chi connectivity index (χ0v) is 14.8. The summed E-state index contributed by atoms with van der Waals surface area (Å²) < 4.78 is 5.25. The fourth-order valence-electron chi connectivity index (χ4n) is 2.54. The molecular formula is C16H20Cl2N4O2. The molecule has 0 atom stereocenters. The summed E-state index contributed by atoms with van der Waals surface area (Å²) in [6, 6.07) is 7.29. The third-order valence-corrected chi connectivity index (χ3v) is 4.07. The third kappa shape index (κ3) is 4.93. The number of rotatable bonds is 5. The number of piperazine rings is 1. The van der Waals surface area contributed by atoms with Crippen molar-refractivity contribution in [2.45, 2.75) is 19.3 Å². The van der Waals surface area contributed by atoms with Crippen LogP contribution < -0.4 is 5.32 Å². The molecule has 8 heteroatoms. The van der Waals surface area contributed by atoms with E-state index in [1.54, 1.807) is 12.1 Å². The smallest absolute Gasteiger partial charge is 0.226 e.